The zero-order valence-corrected chi connectivity index (χ0v) is 14.4. The number of hydrogen-bond donors (Lipinski definition) is 0. The van der Waals surface area contributed by atoms with Crippen LogP contribution in [0, 0.1) is 5.82 Å². The Labute approximate surface area is 149 Å². The Kier molecular flexibility index (Phi) is 4.92. The summed E-state index contributed by atoms with van der Waals surface area (Å²) in [7, 11) is 1.63. The number of carbonyl (C=O) groups excluding carboxylic acids is 1. The first-order valence-corrected chi connectivity index (χ1v) is 8.06. The van der Waals surface area contributed by atoms with Crippen molar-refractivity contribution in [3.05, 3.63) is 76.5 Å². The smallest absolute Gasteiger partial charge is 0.337 e. The van der Waals surface area contributed by atoms with E-state index >= 15 is 0 Å². The van der Waals surface area contributed by atoms with Gasteiger partial charge in [0.25, 0.3) is 0 Å². The maximum Gasteiger partial charge on any atom is 0.368 e. The number of carbonyl (C=O) groups is 1. The number of tetrazole rings is 1. The number of benzene rings is 2. The molecule has 1 amide bonds. The van der Waals surface area contributed by atoms with Gasteiger partial charge in [0.05, 0.1) is 11.7 Å². The molecular weight excluding hydrogens is 337 g/mol. The van der Waals surface area contributed by atoms with Gasteiger partial charge in [-0.3, -0.25) is 4.79 Å². The molecule has 2 aromatic carbocycles. The van der Waals surface area contributed by atoms with Crippen molar-refractivity contribution in [2.45, 2.75) is 19.5 Å². The van der Waals surface area contributed by atoms with E-state index in [1.807, 2.05) is 13.0 Å². The summed E-state index contributed by atoms with van der Waals surface area (Å²) in [6.45, 7) is 1.60. The van der Waals surface area contributed by atoms with Crippen molar-refractivity contribution in [2.24, 2.45) is 0 Å². The zero-order chi connectivity index (χ0) is 18.7. The van der Waals surface area contributed by atoms with E-state index in [4.69, 9.17) is 0 Å². The van der Waals surface area contributed by atoms with Gasteiger partial charge in [0.1, 0.15) is 12.4 Å². The van der Waals surface area contributed by atoms with E-state index in [9.17, 15) is 14.0 Å². The molecule has 0 fully saturated rings. The van der Waals surface area contributed by atoms with Crippen LogP contribution in [-0.2, 0) is 11.3 Å². The molecule has 0 saturated heterocycles. The first-order chi connectivity index (χ1) is 12.5. The van der Waals surface area contributed by atoms with Gasteiger partial charge in [-0.2, -0.15) is 9.36 Å². The highest BCUT2D eigenvalue weighted by Crippen LogP contribution is 2.19. The molecule has 0 bridgehead atoms. The van der Waals surface area contributed by atoms with Crippen molar-refractivity contribution in [1.29, 1.82) is 0 Å². The fourth-order valence-corrected chi connectivity index (χ4v) is 2.53. The average molecular weight is 355 g/mol. The molecule has 26 heavy (non-hydrogen) atoms. The van der Waals surface area contributed by atoms with Crippen molar-refractivity contribution >= 4 is 5.91 Å². The van der Waals surface area contributed by atoms with Gasteiger partial charge in [0.2, 0.25) is 5.91 Å². The molecule has 0 spiro atoms. The summed E-state index contributed by atoms with van der Waals surface area (Å²) in [4.78, 5) is 26.4. The number of amides is 1. The lowest BCUT2D eigenvalue weighted by molar-refractivity contribution is -0.132. The molecule has 0 aliphatic rings. The van der Waals surface area contributed by atoms with E-state index in [0.717, 1.165) is 14.9 Å². The highest BCUT2D eigenvalue weighted by molar-refractivity contribution is 5.76. The Balaban J connectivity index is 1.75. The molecule has 0 saturated carbocycles. The van der Waals surface area contributed by atoms with Gasteiger partial charge in [0.15, 0.2) is 0 Å². The molecule has 0 aliphatic carbocycles. The van der Waals surface area contributed by atoms with Gasteiger partial charge in [-0.25, -0.2) is 9.18 Å². The van der Waals surface area contributed by atoms with E-state index in [0.29, 0.717) is 5.69 Å². The maximum absolute atomic E-state index is 13.0. The van der Waals surface area contributed by atoms with Crippen molar-refractivity contribution in [3.63, 3.8) is 0 Å². The second-order valence-corrected chi connectivity index (χ2v) is 5.90. The Bertz CT molecular complexity index is 950. The van der Waals surface area contributed by atoms with Gasteiger partial charge < -0.3 is 4.90 Å². The summed E-state index contributed by atoms with van der Waals surface area (Å²) < 4.78 is 15.2. The minimum Gasteiger partial charge on any atom is -0.337 e. The lowest BCUT2D eigenvalue weighted by atomic mass is 10.1. The number of halogens is 1. The predicted molar refractivity (Wildman–Crippen MR) is 93.2 cm³/mol. The van der Waals surface area contributed by atoms with Crippen molar-refractivity contribution < 1.29 is 9.18 Å². The summed E-state index contributed by atoms with van der Waals surface area (Å²) in [5.74, 6) is -0.636. The van der Waals surface area contributed by atoms with Crippen LogP contribution in [0.4, 0.5) is 4.39 Å². The van der Waals surface area contributed by atoms with Gasteiger partial charge in [-0.1, -0.05) is 30.3 Å². The number of nitrogens with zero attached hydrogens (tertiary/aromatic N) is 5. The molecule has 0 aliphatic heterocycles. The lowest BCUT2D eigenvalue weighted by Crippen LogP contribution is -2.36. The SMILES string of the molecule is CC(c1ccc(F)cc1)N(C)C(=O)Cn1nnn(-c2ccccc2)c1=O. The summed E-state index contributed by atoms with van der Waals surface area (Å²) in [6, 6.07) is 14.5. The van der Waals surface area contributed by atoms with Crippen LogP contribution in [0.3, 0.4) is 0 Å². The minimum absolute atomic E-state index is 0.228. The number of likely N-dealkylation sites (N-methyl/N-ethyl adjacent to an activating group) is 1. The number of rotatable bonds is 5. The first-order valence-electron chi connectivity index (χ1n) is 8.06. The monoisotopic (exact) mass is 355 g/mol. The quantitative estimate of drug-likeness (QED) is 0.699. The molecule has 1 unspecified atom stereocenters. The summed E-state index contributed by atoms with van der Waals surface area (Å²) in [6.07, 6.45) is 0. The largest absolute Gasteiger partial charge is 0.368 e. The highest BCUT2D eigenvalue weighted by atomic mass is 19.1. The second kappa shape index (κ2) is 7.30. The molecular formula is C18H18FN5O2. The average Bonchev–Trinajstić information content (AvgIpc) is 3.02. The number of hydrogen-bond acceptors (Lipinski definition) is 4. The third kappa shape index (κ3) is 3.53. The van der Waals surface area contributed by atoms with Crippen LogP contribution in [0.15, 0.2) is 59.4 Å². The Morgan fingerprint density at radius 3 is 2.42 bits per heavy atom. The maximum atomic E-state index is 13.0. The van der Waals surface area contributed by atoms with Crippen LogP contribution in [-0.4, -0.2) is 37.6 Å². The Morgan fingerprint density at radius 1 is 1.12 bits per heavy atom. The highest BCUT2D eigenvalue weighted by Gasteiger charge is 2.20. The number of aromatic nitrogens is 4. The van der Waals surface area contributed by atoms with Crippen molar-refractivity contribution in [2.75, 3.05) is 7.05 Å². The molecule has 3 aromatic rings. The molecule has 1 aromatic heterocycles. The zero-order valence-electron chi connectivity index (χ0n) is 14.4. The van der Waals surface area contributed by atoms with Crippen LogP contribution in [0.25, 0.3) is 5.69 Å². The lowest BCUT2D eigenvalue weighted by Gasteiger charge is -2.25. The third-order valence-corrected chi connectivity index (χ3v) is 4.25. The second-order valence-electron chi connectivity index (χ2n) is 5.90. The standard InChI is InChI=1S/C18H18FN5O2/c1-13(14-8-10-15(19)11-9-14)22(2)17(25)12-23-18(26)24(21-20-23)16-6-4-3-5-7-16/h3-11,13H,12H2,1-2H3. The number of para-hydroxylation sites is 1. The van der Waals surface area contributed by atoms with E-state index in [1.54, 1.807) is 43.4 Å². The molecule has 1 atom stereocenters. The molecule has 0 N–H and O–H groups in total. The summed E-state index contributed by atoms with van der Waals surface area (Å²) in [5, 5.41) is 7.59. The van der Waals surface area contributed by atoms with Crippen LogP contribution in [0.5, 0.6) is 0 Å². The first kappa shape index (κ1) is 17.5. The third-order valence-electron chi connectivity index (χ3n) is 4.25. The normalized spacial score (nSPS) is 12.0. The van der Waals surface area contributed by atoms with Crippen molar-refractivity contribution in [3.8, 4) is 5.69 Å². The van der Waals surface area contributed by atoms with E-state index < -0.39 is 5.69 Å². The summed E-state index contributed by atoms with van der Waals surface area (Å²) >= 11 is 0. The predicted octanol–water partition coefficient (Wildman–Crippen LogP) is 1.79. The van der Waals surface area contributed by atoms with Crippen molar-refractivity contribution in [1.82, 2.24) is 24.7 Å². The van der Waals surface area contributed by atoms with Gasteiger partial charge in [0, 0.05) is 7.05 Å². The molecule has 134 valence electrons. The molecule has 7 nitrogen and oxygen atoms in total. The fourth-order valence-electron chi connectivity index (χ4n) is 2.53. The minimum atomic E-state index is -0.493. The van der Waals surface area contributed by atoms with Gasteiger partial charge >= 0.3 is 5.69 Å². The Hall–Kier alpha value is -3.29. The van der Waals surface area contributed by atoms with Crippen LogP contribution in [0.1, 0.15) is 18.5 Å². The molecule has 0 radical (unpaired) electrons. The van der Waals surface area contributed by atoms with Crippen LogP contribution < -0.4 is 5.69 Å². The Morgan fingerprint density at radius 2 is 1.77 bits per heavy atom. The molecule has 1 heterocycles. The molecule has 8 heteroatoms. The fraction of sp³-hybridized carbons (Fsp3) is 0.222. The van der Waals surface area contributed by atoms with Gasteiger partial charge in [-0.15, -0.1) is 0 Å². The van der Waals surface area contributed by atoms with E-state index in [-0.39, 0.29) is 24.3 Å². The van der Waals surface area contributed by atoms with Crippen LogP contribution in [0.2, 0.25) is 0 Å². The summed E-state index contributed by atoms with van der Waals surface area (Å²) in [5.41, 5.74) is 0.874. The van der Waals surface area contributed by atoms with Crippen LogP contribution >= 0.6 is 0 Å². The molecule has 3 rings (SSSR count). The van der Waals surface area contributed by atoms with E-state index in [2.05, 4.69) is 10.4 Å². The van der Waals surface area contributed by atoms with E-state index in [1.165, 1.54) is 17.0 Å². The topological polar surface area (TPSA) is 73.0 Å². The van der Waals surface area contributed by atoms with Gasteiger partial charge in [-0.05, 0) is 47.2 Å².